The predicted molar refractivity (Wildman–Crippen MR) is 87.6 cm³/mol. The van der Waals surface area contributed by atoms with E-state index in [1.165, 1.54) is 6.20 Å². The highest BCUT2D eigenvalue weighted by atomic mass is 35.5. The summed E-state index contributed by atoms with van der Waals surface area (Å²) < 4.78 is 0. The maximum Gasteiger partial charge on any atom is 0.256 e. The molecule has 0 unspecified atom stereocenters. The number of H-pyrrole nitrogens is 1. The van der Waals surface area contributed by atoms with Gasteiger partial charge >= 0.3 is 0 Å². The molecular formula is C15H15ClN2O2S. The Bertz CT molecular complexity index is 728. The number of aromatic nitrogens is 1. The maximum absolute atomic E-state index is 12.4. The molecule has 0 aliphatic carbocycles. The number of halogens is 1. The lowest BCUT2D eigenvalue weighted by Gasteiger charge is -2.10. The minimum absolute atomic E-state index is 0.165. The summed E-state index contributed by atoms with van der Waals surface area (Å²) in [6.07, 6.45) is 1.48. The number of aromatic amines is 1. The topological polar surface area (TPSA) is 62.0 Å². The van der Waals surface area contributed by atoms with Crippen molar-refractivity contribution >= 4 is 35.0 Å². The van der Waals surface area contributed by atoms with Crippen LogP contribution in [0.25, 0.3) is 0 Å². The van der Waals surface area contributed by atoms with Crippen LogP contribution < -0.4 is 10.9 Å². The zero-order valence-electron chi connectivity index (χ0n) is 11.7. The second-order valence-corrected chi connectivity index (χ2v) is 6.17. The van der Waals surface area contributed by atoms with Crippen LogP contribution in [-0.2, 0) is 0 Å². The molecule has 0 spiro atoms. The van der Waals surface area contributed by atoms with E-state index in [9.17, 15) is 9.59 Å². The standard InChI is InChI=1S/C15H15ClN2O2S/c1-3-21-13-7-10(16)4-5-12(13)15(20)18-11-6-9(2)14(19)17-8-11/h4-8H,3H2,1-2H3,(H,17,19)(H,18,20). The second kappa shape index (κ2) is 6.83. The van der Waals surface area contributed by atoms with Crippen LogP contribution in [0.15, 0.2) is 40.2 Å². The second-order valence-electron chi connectivity index (χ2n) is 4.43. The molecule has 0 atom stereocenters. The van der Waals surface area contributed by atoms with Gasteiger partial charge in [-0.15, -0.1) is 11.8 Å². The van der Waals surface area contributed by atoms with E-state index in [-0.39, 0.29) is 11.5 Å². The van der Waals surface area contributed by atoms with Gasteiger partial charge < -0.3 is 10.3 Å². The van der Waals surface area contributed by atoms with Gasteiger partial charge in [0.15, 0.2) is 0 Å². The van der Waals surface area contributed by atoms with Crippen LogP contribution in [0.3, 0.4) is 0 Å². The molecule has 2 rings (SSSR count). The fourth-order valence-corrected chi connectivity index (χ4v) is 2.90. The minimum Gasteiger partial charge on any atom is -0.327 e. The Hall–Kier alpha value is -1.72. The van der Waals surface area contributed by atoms with Crippen LogP contribution in [0.5, 0.6) is 0 Å². The monoisotopic (exact) mass is 322 g/mol. The Kier molecular flexibility index (Phi) is 5.09. The molecule has 1 heterocycles. The molecule has 0 saturated carbocycles. The van der Waals surface area contributed by atoms with Gasteiger partial charge in [-0.3, -0.25) is 9.59 Å². The number of amides is 1. The van der Waals surface area contributed by atoms with Gasteiger partial charge in [0.05, 0.1) is 11.3 Å². The van der Waals surface area contributed by atoms with E-state index in [1.54, 1.807) is 43.0 Å². The van der Waals surface area contributed by atoms with Gasteiger partial charge in [-0.1, -0.05) is 18.5 Å². The van der Waals surface area contributed by atoms with Crippen molar-refractivity contribution in [1.29, 1.82) is 0 Å². The van der Waals surface area contributed by atoms with Gasteiger partial charge in [0.2, 0.25) is 0 Å². The highest BCUT2D eigenvalue weighted by molar-refractivity contribution is 7.99. The van der Waals surface area contributed by atoms with E-state index < -0.39 is 0 Å². The van der Waals surface area contributed by atoms with Crippen molar-refractivity contribution in [2.45, 2.75) is 18.7 Å². The first kappa shape index (κ1) is 15.7. The summed E-state index contributed by atoms with van der Waals surface area (Å²) in [4.78, 5) is 27.1. The van der Waals surface area contributed by atoms with Crippen LogP contribution in [0.1, 0.15) is 22.8 Å². The molecule has 0 radical (unpaired) electrons. The molecule has 0 aliphatic rings. The molecule has 6 heteroatoms. The molecule has 1 aromatic heterocycles. The van der Waals surface area contributed by atoms with Crippen LogP contribution >= 0.6 is 23.4 Å². The highest BCUT2D eigenvalue weighted by Crippen LogP contribution is 2.26. The fraction of sp³-hybridized carbons (Fsp3) is 0.200. The summed E-state index contributed by atoms with van der Waals surface area (Å²) in [6, 6.07) is 6.81. The zero-order valence-corrected chi connectivity index (χ0v) is 13.3. The van der Waals surface area contributed by atoms with Crippen molar-refractivity contribution in [2.75, 3.05) is 11.1 Å². The van der Waals surface area contributed by atoms with Crippen molar-refractivity contribution in [3.8, 4) is 0 Å². The van der Waals surface area contributed by atoms with Crippen LogP contribution in [0.2, 0.25) is 5.02 Å². The summed E-state index contributed by atoms with van der Waals surface area (Å²) in [7, 11) is 0. The maximum atomic E-state index is 12.4. The van der Waals surface area contributed by atoms with Gasteiger partial charge in [-0.05, 0) is 36.9 Å². The summed E-state index contributed by atoms with van der Waals surface area (Å²) in [6.45, 7) is 3.70. The fourth-order valence-electron chi connectivity index (χ4n) is 1.83. The van der Waals surface area contributed by atoms with Gasteiger partial charge in [-0.2, -0.15) is 0 Å². The highest BCUT2D eigenvalue weighted by Gasteiger charge is 2.12. The van der Waals surface area contributed by atoms with Gasteiger partial charge in [0.1, 0.15) is 0 Å². The number of hydrogen-bond donors (Lipinski definition) is 2. The first-order valence-electron chi connectivity index (χ1n) is 6.44. The average Bonchev–Trinajstić information content (AvgIpc) is 2.43. The van der Waals surface area contributed by atoms with E-state index >= 15 is 0 Å². The third-order valence-electron chi connectivity index (χ3n) is 2.83. The van der Waals surface area contributed by atoms with E-state index in [0.29, 0.717) is 21.8 Å². The number of carbonyl (C=O) groups is 1. The Morgan fingerprint density at radius 1 is 1.38 bits per heavy atom. The Morgan fingerprint density at radius 2 is 2.14 bits per heavy atom. The molecule has 110 valence electrons. The molecule has 1 amide bonds. The normalized spacial score (nSPS) is 10.4. The number of nitrogens with one attached hydrogen (secondary N) is 2. The number of thioether (sulfide) groups is 1. The van der Waals surface area contributed by atoms with Crippen molar-refractivity contribution in [2.24, 2.45) is 0 Å². The number of aryl methyl sites for hydroxylation is 1. The van der Waals surface area contributed by atoms with Crippen molar-refractivity contribution in [1.82, 2.24) is 4.98 Å². The van der Waals surface area contributed by atoms with Crippen molar-refractivity contribution in [3.05, 3.63) is 57.0 Å². The molecule has 2 aromatic rings. The number of pyridine rings is 1. The molecular weight excluding hydrogens is 308 g/mol. The predicted octanol–water partition coefficient (Wildman–Crippen LogP) is 3.70. The Labute approximate surface area is 131 Å². The lowest BCUT2D eigenvalue weighted by atomic mass is 10.2. The van der Waals surface area contributed by atoms with E-state index in [1.807, 2.05) is 6.92 Å². The summed E-state index contributed by atoms with van der Waals surface area (Å²) >= 11 is 7.53. The molecule has 0 bridgehead atoms. The first-order chi connectivity index (χ1) is 10.0. The summed E-state index contributed by atoms with van der Waals surface area (Å²) in [5.41, 5.74) is 1.50. The number of benzene rings is 1. The molecule has 0 saturated heterocycles. The molecule has 2 N–H and O–H groups in total. The number of rotatable bonds is 4. The van der Waals surface area contributed by atoms with E-state index in [2.05, 4.69) is 10.3 Å². The van der Waals surface area contributed by atoms with Crippen molar-refractivity contribution in [3.63, 3.8) is 0 Å². The van der Waals surface area contributed by atoms with Crippen LogP contribution in [0.4, 0.5) is 5.69 Å². The molecule has 0 fully saturated rings. The lowest BCUT2D eigenvalue weighted by molar-refractivity contribution is 0.102. The summed E-state index contributed by atoms with van der Waals surface area (Å²) in [5.74, 6) is 0.618. The molecule has 4 nitrogen and oxygen atoms in total. The number of carbonyl (C=O) groups excluding carboxylic acids is 1. The number of hydrogen-bond acceptors (Lipinski definition) is 3. The minimum atomic E-state index is -0.228. The van der Waals surface area contributed by atoms with Gasteiger partial charge in [-0.25, -0.2) is 0 Å². The third kappa shape index (κ3) is 3.89. The first-order valence-corrected chi connectivity index (χ1v) is 7.80. The SMILES string of the molecule is CCSc1cc(Cl)ccc1C(=O)Nc1c[nH]c(=O)c(C)c1. The Morgan fingerprint density at radius 3 is 2.81 bits per heavy atom. The Balaban J connectivity index is 2.27. The van der Waals surface area contributed by atoms with Crippen LogP contribution in [-0.4, -0.2) is 16.6 Å². The van der Waals surface area contributed by atoms with Gasteiger partial charge in [0.25, 0.3) is 11.5 Å². The quantitative estimate of drug-likeness (QED) is 0.844. The third-order valence-corrected chi connectivity index (χ3v) is 4.01. The molecule has 1 aromatic carbocycles. The van der Waals surface area contributed by atoms with Crippen molar-refractivity contribution < 1.29 is 4.79 Å². The summed E-state index contributed by atoms with van der Waals surface area (Å²) in [5, 5.41) is 3.38. The number of anilines is 1. The van der Waals surface area contributed by atoms with Gasteiger partial charge in [0, 0.05) is 21.7 Å². The largest absolute Gasteiger partial charge is 0.327 e. The van der Waals surface area contributed by atoms with E-state index in [4.69, 9.17) is 11.6 Å². The molecule has 0 aliphatic heterocycles. The lowest BCUT2D eigenvalue weighted by Crippen LogP contribution is -2.16. The molecule has 21 heavy (non-hydrogen) atoms. The van der Waals surface area contributed by atoms with E-state index in [0.717, 1.165) is 10.6 Å². The van der Waals surface area contributed by atoms with Crippen LogP contribution in [0, 0.1) is 6.92 Å². The zero-order chi connectivity index (χ0) is 15.4. The average molecular weight is 323 g/mol. The smallest absolute Gasteiger partial charge is 0.256 e.